The van der Waals surface area contributed by atoms with Crippen LogP contribution in [0.3, 0.4) is 0 Å². The van der Waals surface area contributed by atoms with Gasteiger partial charge in [-0.3, -0.25) is 9.69 Å². The van der Waals surface area contributed by atoms with Gasteiger partial charge in [0.25, 0.3) is 0 Å². The van der Waals surface area contributed by atoms with Crippen LogP contribution in [0.25, 0.3) is 11.1 Å². The number of hydrogen-bond acceptors (Lipinski definition) is 2. The van der Waals surface area contributed by atoms with Crippen molar-refractivity contribution in [2.24, 2.45) is 0 Å². The Morgan fingerprint density at radius 2 is 1.53 bits per heavy atom. The smallest absolute Gasteiger partial charge is 0.228 e. The molecular formula is C28H37FN2O. The number of nitrogens with zero attached hydrogens (tertiary/aromatic N) is 1. The maximum atomic E-state index is 14.8. The van der Waals surface area contributed by atoms with E-state index in [0.717, 1.165) is 11.1 Å². The summed E-state index contributed by atoms with van der Waals surface area (Å²) in [4.78, 5) is 15.6. The molecule has 1 unspecified atom stereocenters. The Morgan fingerprint density at radius 3 is 2.09 bits per heavy atom. The molecule has 2 saturated carbocycles. The quantitative estimate of drug-likeness (QED) is 0.494. The van der Waals surface area contributed by atoms with Crippen molar-refractivity contribution in [2.75, 3.05) is 6.67 Å². The van der Waals surface area contributed by atoms with Crippen molar-refractivity contribution >= 4 is 5.91 Å². The maximum absolute atomic E-state index is 14.8. The summed E-state index contributed by atoms with van der Waals surface area (Å²) < 4.78 is 14.8. The second-order valence-electron chi connectivity index (χ2n) is 9.62. The molecule has 0 heterocycles. The number of nitrogens with one attached hydrogen (secondary N) is 1. The molecule has 0 aromatic heterocycles. The molecule has 0 spiro atoms. The first-order chi connectivity index (χ1) is 15.6. The average Bonchev–Trinajstić information content (AvgIpc) is 2.85. The lowest BCUT2D eigenvalue weighted by Gasteiger charge is -2.41. The SMILES string of the molecule is CC(C(=O)NCN(C1CCCCC1)C1CCCCC1)c1ccc(-c2ccccc2)c(F)c1. The van der Waals surface area contributed by atoms with Gasteiger partial charge >= 0.3 is 0 Å². The Labute approximate surface area is 192 Å². The molecule has 2 aromatic rings. The van der Waals surface area contributed by atoms with E-state index >= 15 is 0 Å². The highest BCUT2D eigenvalue weighted by atomic mass is 19.1. The van der Waals surface area contributed by atoms with E-state index in [2.05, 4.69) is 10.2 Å². The molecule has 32 heavy (non-hydrogen) atoms. The third-order valence-electron chi connectivity index (χ3n) is 7.49. The zero-order valence-electron chi connectivity index (χ0n) is 19.4. The van der Waals surface area contributed by atoms with Crippen LogP contribution in [0.4, 0.5) is 4.39 Å². The Bertz CT molecular complexity index is 854. The number of amides is 1. The highest BCUT2D eigenvalue weighted by Crippen LogP contribution is 2.30. The summed E-state index contributed by atoms with van der Waals surface area (Å²) in [5.41, 5.74) is 2.15. The van der Waals surface area contributed by atoms with Gasteiger partial charge in [0.1, 0.15) is 5.82 Å². The van der Waals surface area contributed by atoms with Crippen molar-refractivity contribution in [1.82, 2.24) is 10.2 Å². The lowest BCUT2D eigenvalue weighted by Crippen LogP contribution is -2.50. The Balaban J connectivity index is 1.41. The van der Waals surface area contributed by atoms with Crippen molar-refractivity contribution in [3.63, 3.8) is 0 Å². The van der Waals surface area contributed by atoms with Crippen LogP contribution in [0.1, 0.15) is 82.6 Å². The summed E-state index contributed by atoms with van der Waals surface area (Å²) in [7, 11) is 0. The lowest BCUT2D eigenvalue weighted by atomic mass is 9.89. The molecule has 1 N–H and O–H groups in total. The van der Waals surface area contributed by atoms with Crippen LogP contribution in [-0.4, -0.2) is 29.6 Å². The molecule has 3 nitrogen and oxygen atoms in total. The molecule has 2 fully saturated rings. The molecule has 1 amide bonds. The first-order valence-electron chi connectivity index (χ1n) is 12.5. The van der Waals surface area contributed by atoms with E-state index in [1.165, 1.54) is 70.3 Å². The molecule has 2 aromatic carbocycles. The zero-order valence-corrected chi connectivity index (χ0v) is 19.4. The Kier molecular flexibility index (Phi) is 7.96. The van der Waals surface area contributed by atoms with Gasteiger partial charge in [-0.05, 0) is 49.8 Å². The molecule has 2 aliphatic carbocycles. The standard InChI is InChI=1S/C28H37FN2O/c1-21(23-17-18-26(27(29)19-23)22-11-5-2-6-12-22)28(32)30-20-31(24-13-7-3-8-14-24)25-15-9-4-10-16-25/h2,5-6,11-12,17-19,21,24-25H,3-4,7-10,13-16,20H2,1H3,(H,30,32). The van der Waals surface area contributed by atoms with Crippen LogP contribution >= 0.6 is 0 Å². The fourth-order valence-corrected chi connectivity index (χ4v) is 5.51. The van der Waals surface area contributed by atoms with Crippen LogP contribution in [0, 0.1) is 5.82 Å². The van der Waals surface area contributed by atoms with Gasteiger partial charge in [0.05, 0.1) is 12.6 Å². The van der Waals surface area contributed by atoms with Gasteiger partial charge in [-0.15, -0.1) is 0 Å². The fraction of sp³-hybridized carbons (Fsp3) is 0.536. The molecule has 2 aliphatic rings. The predicted molar refractivity (Wildman–Crippen MR) is 129 cm³/mol. The minimum absolute atomic E-state index is 0.0199. The third-order valence-corrected chi connectivity index (χ3v) is 7.49. The number of hydrogen-bond donors (Lipinski definition) is 1. The van der Waals surface area contributed by atoms with Crippen LogP contribution in [0.2, 0.25) is 0 Å². The van der Waals surface area contributed by atoms with Crippen LogP contribution in [0.15, 0.2) is 48.5 Å². The van der Waals surface area contributed by atoms with E-state index in [1.807, 2.05) is 43.3 Å². The Morgan fingerprint density at radius 1 is 0.938 bits per heavy atom. The molecule has 1 atom stereocenters. The van der Waals surface area contributed by atoms with Crippen molar-refractivity contribution < 1.29 is 9.18 Å². The van der Waals surface area contributed by atoms with E-state index in [9.17, 15) is 9.18 Å². The Hall–Kier alpha value is -2.20. The molecule has 4 heteroatoms. The van der Waals surface area contributed by atoms with Crippen LogP contribution in [0.5, 0.6) is 0 Å². The average molecular weight is 437 g/mol. The fourth-order valence-electron chi connectivity index (χ4n) is 5.51. The van der Waals surface area contributed by atoms with Gasteiger partial charge in [0.2, 0.25) is 5.91 Å². The van der Waals surface area contributed by atoms with Gasteiger partial charge in [-0.25, -0.2) is 4.39 Å². The summed E-state index contributed by atoms with van der Waals surface area (Å²) in [5, 5.41) is 3.21. The summed E-state index contributed by atoms with van der Waals surface area (Å²) in [6, 6.07) is 15.9. The zero-order chi connectivity index (χ0) is 22.3. The third kappa shape index (κ3) is 5.58. The van der Waals surface area contributed by atoms with Crippen molar-refractivity contribution in [3.8, 4) is 11.1 Å². The highest BCUT2D eigenvalue weighted by Gasteiger charge is 2.29. The minimum Gasteiger partial charge on any atom is -0.343 e. The van der Waals surface area contributed by atoms with Gasteiger partial charge in [-0.2, -0.15) is 0 Å². The predicted octanol–water partition coefficient (Wildman–Crippen LogP) is 6.64. The van der Waals surface area contributed by atoms with Crippen molar-refractivity contribution in [3.05, 3.63) is 59.9 Å². The second-order valence-corrected chi connectivity index (χ2v) is 9.62. The summed E-state index contributed by atoms with van der Waals surface area (Å²) in [6.45, 7) is 2.49. The van der Waals surface area contributed by atoms with Gasteiger partial charge in [0, 0.05) is 17.6 Å². The number of carbonyl (C=O) groups excluding carboxylic acids is 1. The van der Waals surface area contributed by atoms with Gasteiger partial charge in [-0.1, -0.05) is 81.0 Å². The number of rotatable bonds is 7. The van der Waals surface area contributed by atoms with E-state index < -0.39 is 0 Å². The largest absolute Gasteiger partial charge is 0.343 e. The maximum Gasteiger partial charge on any atom is 0.228 e. The van der Waals surface area contributed by atoms with Gasteiger partial charge in [0.15, 0.2) is 0 Å². The molecular weight excluding hydrogens is 399 g/mol. The summed E-state index contributed by atoms with van der Waals surface area (Å²) >= 11 is 0. The van der Waals surface area contributed by atoms with Crippen molar-refractivity contribution in [2.45, 2.75) is 89.1 Å². The van der Waals surface area contributed by atoms with Crippen LogP contribution in [-0.2, 0) is 4.79 Å². The van der Waals surface area contributed by atoms with Gasteiger partial charge < -0.3 is 5.32 Å². The summed E-state index contributed by atoms with van der Waals surface area (Å²) in [5.74, 6) is -0.679. The highest BCUT2D eigenvalue weighted by molar-refractivity contribution is 5.83. The molecule has 0 bridgehead atoms. The monoisotopic (exact) mass is 436 g/mol. The first kappa shape index (κ1) is 23.0. The molecule has 0 aliphatic heterocycles. The lowest BCUT2D eigenvalue weighted by molar-refractivity contribution is -0.123. The second kappa shape index (κ2) is 11.1. The molecule has 172 valence electrons. The molecule has 0 saturated heterocycles. The van der Waals surface area contributed by atoms with E-state index in [4.69, 9.17) is 0 Å². The first-order valence-corrected chi connectivity index (χ1v) is 12.5. The normalized spacial score (nSPS) is 19.1. The number of carbonyl (C=O) groups is 1. The summed E-state index contributed by atoms with van der Waals surface area (Å²) in [6.07, 6.45) is 12.8. The van der Waals surface area contributed by atoms with Crippen LogP contribution < -0.4 is 5.32 Å². The van der Waals surface area contributed by atoms with E-state index in [1.54, 1.807) is 6.07 Å². The molecule has 0 radical (unpaired) electrons. The molecule has 4 rings (SSSR count). The van der Waals surface area contributed by atoms with E-state index in [0.29, 0.717) is 24.3 Å². The van der Waals surface area contributed by atoms with Crippen molar-refractivity contribution in [1.29, 1.82) is 0 Å². The number of benzene rings is 2. The topological polar surface area (TPSA) is 32.3 Å². The minimum atomic E-state index is -0.381. The number of halogens is 1. The van der Waals surface area contributed by atoms with E-state index in [-0.39, 0.29) is 17.6 Å².